The zero-order valence-corrected chi connectivity index (χ0v) is 19.2. The van der Waals surface area contributed by atoms with Crippen LogP contribution >= 0.6 is 11.8 Å². The molecule has 0 bridgehead atoms. The molecule has 1 fully saturated rings. The molecule has 0 saturated carbocycles. The van der Waals surface area contributed by atoms with Crippen LogP contribution in [0.1, 0.15) is 24.5 Å². The molecule has 0 spiro atoms. The third kappa shape index (κ3) is 4.81. The monoisotopic (exact) mass is 443 g/mol. The lowest BCUT2D eigenvalue weighted by molar-refractivity contribution is 0.254. The molecule has 1 saturated heterocycles. The highest BCUT2D eigenvalue weighted by molar-refractivity contribution is 7.99. The summed E-state index contributed by atoms with van der Waals surface area (Å²) >= 11 is 1.85. The van der Waals surface area contributed by atoms with Crippen molar-refractivity contribution in [1.82, 2.24) is 19.9 Å². The summed E-state index contributed by atoms with van der Waals surface area (Å²) in [5.41, 5.74) is 4.37. The van der Waals surface area contributed by atoms with Gasteiger partial charge in [0, 0.05) is 46.0 Å². The fourth-order valence-corrected chi connectivity index (χ4v) is 5.15. The molecule has 164 valence electrons. The Morgan fingerprint density at radius 2 is 1.91 bits per heavy atom. The second kappa shape index (κ2) is 9.76. The van der Waals surface area contributed by atoms with Gasteiger partial charge in [-0.15, -0.1) is 11.8 Å². The predicted molar refractivity (Wildman–Crippen MR) is 134 cm³/mol. The maximum absolute atomic E-state index is 4.90. The van der Waals surface area contributed by atoms with E-state index in [4.69, 9.17) is 4.98 Å². The molecule has 5 rings (SSSR count). The van der Waals surface area contributed by atoms with Gasteiger partial charge in [-0.25, -0.2) is 9.97 Å². The Morgan fingerprint density at radius 3 is 2.75 bits per heavy atom. The van der Waals surface area contributed by atoms with Crippen molar-refractivity contribution in [2.75, 3.05) is 37.8 Å². The smallest absolute Gasteiger partial charge is 0.138 e. The molecule has 4 aromatic rings. The van der Waals surface area contributed by atoms with Gasteiger partial charge in [0.05, 0.1) is 5.69 Å². The van der Waals surface area contributed by atoms with Gasteiger partial charge in [-0.1, -0.05) is 24.3 Å². The molecule has 2 N–H and O–H groups in total. The van der Waals surface area contributed by atoms with Crippen molar-refractivity contribution in [3.05, 3.63) is 72.6 Å². The van der Waals surface area contributed by atoms with Crippen LogP contribution in [-0.4, -0.2) is 52.3 Å². The number of likely N-dealkylation sites (tertiary alicyclic amines) is 1. The van der Waals surface area contributed by atoms with Crippen LogP contribution in [0.15, 0.2) is 71.8 Å². The second-order valence-electron chi connectivity index (χ2n) is 8.42. The molecule has 1 aliphatic rings. The van der Waals surface area contributed by atoms with Crippen LogP contribution in [0, 0.1) is 0 Å². The predicted octanol–water partition coefficient (Wildman–Crippen LogP) is 5.64. The van der Waals surface area contributed by atoms with E-state index in [0.29, 0.717) is 5.92 Å². The van der Waals surface area contributed by atoms with Crippen molar-refractivity contribution in [3.63, 3.8) is 0 Å². The SMILES string of the molecule is CN1CCC(c2cc3c(-c4cccc(NCCSc5ccccc5)n4)ccnc3[nH]2)CC1. The number of thioether (sulfide) groups is 1. The molecule has 0 atom stereocenters. The number of nitrogens with zero attached hydrogens (tertiary/aromatic N) is 3. The largest absolute Gasteiger partial charge is 0.369 e. The number of H-pyrrole nitrogens is 1. The van der Waals surface area contributed by atoms with Gasteiger partial charge in [-0.3, -0.25) is 0 Å². The van der Waals surface area contributed by atoms with Crippen LogP contribution in [0.4, 0.5) is 5.82 Å². The molecule has 6 heteroatoms. The highest BCUT2D eigenvalue weighted by atomic mass is 32.2. The van der Waals surface area contributed by atoms with E-state index >= 15 is 0 Å². The number of benzene rings is 1. The first-order chi connectivity index (χ1) is 15.8. The number of anilines is 1. The molecule has 3 aromatic heterocycles. The lowest BCUT2D eigenvalue weighted by Gasteiger charge is -2.28. The highest BCUT2D eigenvalue weighted by Gasteiger charge is 2.21. The summed E-state index contributed by atoms with van der Waals surface area (Å²) < 4.78 is 0. The van der Waals surface area contributed by atoms with Crippen molar-refractivity contribution in [3.8, 4) is 11.3 Å². The third-order valence-corrected chi connectivity index (χ3v) is 7.17. The van der Waals surface area contributed by atoms with E-state index in [1.807, 2.05) is 24.0 Å². The number of nitrogens with one attached hydrogen (secondary N) is 2. The molecule has 0 radical (unpaired) electrons. The van der Waals surface area contributed by atoms with E-state index in [2.05, 4.69) is 81.8 Å². The molecule has 5 nitrogen and oxygen atoms in total. The minimum Gasteiger partial charge on any atom is -0.369 e. The number of pyridine rings is 2. The number of fused-ring (bicyclic) bond motifs is 1. The number of aromatic nitrogens is 3. The van der Waals surface area contributed by atoms with Gasteiger partial charge in [0.25, 0.3) is 0 Å². The van der Waals surface area contributed by atoms with E-state index in [0.717, 1.165) is 53.5 Å². The average Bonchev–Trinajstić information content (AvgIpc) is 3.28. The fourth-order valence-electron chi connectivity index (χ4n) is 4.36. The normalized spacial score (nSPS) is 15.3. The van der Waals surface area contributed by atoms with Crippen LogP contribution < -0.4 is 5.32 Å². The van der Waals surface area contributed by atoms with Gasteiger partial charge >= 0.3 is 0 Å². The zero-order chi connectivity index (χ0) is 21.8. The van der Waals surface area contributed by atoms with E-state index in [9.17, 15) is 0 Å². The Hall–Kier alpha value is -2.83. The van der Waals surface area contributed by atoms with Crippen LogP contribution in [0.5, 0.6) is 0 Å². The lowest BCUT2D eigenvalue weighted by atomic mass is 9.93. The molecular formula is C26H29N5S. The quantitative estimate of drug-likeness (QED) is 0.286. The molecule has 0 amide bonds. The second-order valence-corrected chi connectivity index (χ2v) is 9.59. The first-order valence-corrected chi connectivity index (χ1v) is 12.3. The number of hydrogen-bond donors (Lipinski definition) is 2. The molecule has 1 aliphatic heterocycles. The Kier molecular flexibility index (Phi) is 6.41. The van der Waals surface area contributed by atoms with Gasteiger partial charge in [-0.05, 0) is 69.4 Å². The average molecular weight is 444 g/mol. The van der Waals surface area contributed by atoms with Crippen molar-refractivity contribution in [2.45, 2.75) is 23.7 Å². The first kappa shape index (κ1) is 21.0. The minimum absolute atomic E-state index is 0.580. The maximum atomic E-state index is 4.90. The van der Waals surface area contributed by atoms with Crippen molar-refractivity contribution in [1.29, 1.82) is 0 Å². The van der Waals surface area contributed by atoms with E-state index in [1.54, 1.807) is 0 Å². The van der Waals surface area contributed by atoms with Gasteiger partial charge in [0.15, 0.2) is 0 Å². The van der Waals surface area contributed by atoms with Crippen LogP contribution in [0.2, 0.25) is 0 Å². The maximum Gasteiger partial charge on any atom is 0.138 e. The van der Waals surface area contributed by atoms with Gasteiger partial charge in [-0.2, -0.15) is 0 Å². The Labute approximate surface area is 193 Å². The summed E-state index contributed by atoms with van der Waals surface area (Å²) in [7, 11) is 2.20. The summed E-state index contributed by atoms with van der Waals surface area (Å²) in [6.45, 7) is 3.17. The fraction of sp³-hybridized carbons (Fsp3) is 0.308. The lowest BCUT2D eigenvalue weighted by Crippen LogP contribution is -2.29. The summed E-state index contributed by atoms with van der Waals surface area (Å²) in [6.07, 6.45) is 4.26. The number of piperidine rings is 1. The zero-order valence-electron chi connectivity index (χ0n) is 18.4. The number of rotatable bonds is 7. The van der Waals surface area contributed by atoms with E-state index in [1.165, 1.54) is 23.4 Å². The Bertz CT molecular complexity index is 1170. The van der Waals surface area contributed by atoms with Crippen LogP contribution in [0.25, 0.3) is 22.3 Å². The van der Waals surface area contributed by atoms with Crippen molar-refractivity contribution in [2.24, 2.45) is 0 Å². The van der Waals surface area contributed by atoms with E-state index in [-0.39, 0.29) is 0 Å². The van der Waals surface area contributed by atoms with Gasteiger partial charge < -0.3 is 15.2 Å². The molecule has 0 aliphatic carbocycles. The topological polar surface area (TPSA) is 56.8 Å². The molecule has 0 unspecified atom stereocenters. The molecule has 4 heterocycles. The third-order valence-electron chi connectivity index (χ3n) is 6.16. The van der Waals surface area contributed by atoms with Gasteiger partial charge in [0.1, 0.15) is 11.5 Å². The molecule has 32 heavy (non-hydrogen) atoms. The Balaban J connectivity index is 1.30. The van der Waals surface area contributed by atoms with Crippen molar-refractivity contribution < 1.29 is 0 Å². The van der Waals surface area contributed by atoms with Gasteiger partial charge in [0.2, 0.25) is 0 Å². The summed E-state index contributed by atoms with van der Waals surface area (Å²) in [5.74, 6) is 2.48. The number of aromatic amines is 1. The van der Waals surface area contributed by atoms with Crippen LogP contribution in [0.3, 0.4) is 0 Å². The van der Waals surface area contributed by atoms with E-state index < -0.39 is 0 Å². The standard InChI is InChI=1S/C26H29N5S/c1-31-15-11-19(12-16-31)24-18-22-21(10-13-28-26(22)30-24)23-8-5-9-25(29-23)27-14-17-32-20-6-3-2-4-7-20/h2-10,13,18-19H,11-12,14-17H2,1H3,(H,27,29)(H,28,30). The molecule has 1 aromatic carbocycles. The highest BCUT2D eigenvalue weighted by Crippen LogP contribution is 2.33. The summed E-state index contributed by atoms with van der Waals surface area (Å²) in [4.78, 5) is 16.8. The summed E-state index contributed by atoms with van der Waals surface area (Å²) in [6, 6.07) is 21.1. The molecular weight excluding hydrogens is 414 g/mol. The van der Waals surface area contributed by atoms with Crippen molar-refractivity contribution >= 4 is 28.6 Å². The van der Waals surface area contributed by atoms with Crippen LogP contribution in [-0.2, 0) is 0 Å². The number of hydrogen-bond acceptors (Lipinski definition) is 5. The first-order valence-electron chi connectivity index (χ1n) is 11.3. The minimum atomic E-state index is 0.580. The summed E-state index contributed by atoms with van der Waals surface area (Å²) in [5, 5.41) is 4.63. The Morgan fingerprint density at radius 1 is 1.06 bits per heavy atom.